The summed E-state index contributed by atoms with van der Waals surface area (Å²) in [7, 11) is 0. The van der Waals surface area contributed by atoms with Crippen molar-refractivity contribution in [2.24, 2.45) is 0 Å². The highest BCUT2D eigenvalue weighted by Gasteiger charge is 2.16. The molecule has 5 heteroatoms. The van der Waals surface area contributed by atoms with Crippen LogP contribution in [0.5, 0.6) is 0 Å². The summed E-state index contributed by atoms with van der Waals surface area (Å²) in [5, 5.41) is 8.68. The summed E-state index contributed by atoms with van der Waals surface area (Å²) in [6.45, 7) is 5.28. The summed E-state index contributed by atoms with van der Waals surface area (Å²) < 4.78 is 4.85. The van der Waals surface area contributed by atoms with E-state index in [0.717, 1.165) is 41.3 Å². The van der Waals surface area contributed by atoms with Gasteiger partial charge in [0, 0.05) is 16.6 Å². The van der Waals surface area contributed by atoms with Crippen LogP contribution in [-0.4, -0.2) is 14.9 Å². The quantitative estimate of drug-likeness (QED) is 0.548. The number of aromatic nitrogens is 2. The number of nitrogens with zero attached hydrogens (tertiary/aromatic N) is 2. The molecule has 0 bridgehead atoms. The monoisotopic (exact) mass is 413 g/mol. The van der Waals surface area contributed by atoms with Crippen molar-refractivity contribution in [3.63, 3.8) is 0 Å². The maximum absolute atomic E-state index is 12.8. The minimum absolute atomic E-state index is 0.0208. The van der Waals surface area contributed by atoms with Crippen LogP contribution in [0, 0.1) is 5.41 Å². The number of Topliss-reactive ketones (excluding diaryl/α,β-unsaturated/α-hetero) is 1. The number of nitrogens with one attached hydrogen (secondary N) is 1. The lowest BCUT2D eigenvalue weighted by molar-refractivity contribution is 0.0971. The normalized spacial score (nSPS) is 11.2. The van der Waals surface area contributed by atoms with Crippen molar-refractivity contribution in [3.8, 4) is 0 Å². The van der Waals surface area contributed by atoms with Gasteiger partial charge in [0.05, 0.1) is 17.6 Å². The van der Waals surface area contributed by atoms with E-state index in [1.807, 2.05) is 41.0 Å². The van der Waals surface area contributed by atoms with Gasteiger partial charge in [-0.2, -0.15) is 0 Å². The fourth-order valence-corrected chi connectivity index (χ4v) is 3.59. The minimum atomic E-state index is 0.0208. The number of hydrogen-bond acceptors (Lipinski definition) is 2. The summed E-state index contributed by atoms with van der Waals surface area (Å²) in [6, 6.07) is 13.5. The first-order chi connectivity index (χ1) is 12.6. The fraction of sp³-hybridized carbons (Fsp3) is 0.333. The Morgan fingerprint density at radius 1 is 1.08 bits per heavy atom. The fourth-order valence-electron chi connectivity index (χ4n) is 3.32. The number of halogens is 1. The molecule has 136 valence electrons. The third-order valence-electron chi connectivity index (χ3n) is 4.75. The molecule has 1 heterocycles. The molecular weight excluding hydrogens is 390 g/mol. The van der Waals surface area contributed by atoms with E-state index in [0.29, 0.717) is 11.2 Å². The summed E-state index contributed by atoms with van der Waals surface area (Å²) >= 11 is 3.40. The van der Waals surface area contributed by atoms with Crippen molar-refractivity contribution >= 4 is 32.7 Å². The average Bonchev–Trinajstić information content (AvgIpc) is 2.92. The number of carbonyl (C=O) groups excluding carboxylic acids is 1. The second kappa shape index (κ2) is 8.04. The van der Waals surface area contributed by atoms with Crippen LogP contribution in [-0.2, 0) is 19.5 Å². The van der Waals surface area contributed by atoms with Crippen molar-refractivity contribution in [2.45, 2.75) is 46.2 Å². The van der Waals surface area contributed by atoms with Crippen molar-refractivity contribution in [1.82, 2.24) is 9.13 Å². The highest BCUT2D eigenvalue weighted by atomic mass is 79.9. The summed E-state index contributed by atoms with van der Waals surface area (Å²) in [5.74, 6) is 0.0208. The van der Waals surface area contributed by atoms with Crippen molar-refractivity contribution < 1.29 is 4.79 Å². The highest BCUT2D eigenvalue weighted by Crippen LogP contribution is 2.20. The molecule has 0 aliphatic carbocycles. The molecule has 0 radical (unpaired) electrons. The molecule has 0 saturated carbocycles. The van der Waals surface area contributed by atoms with Crippen LogP contribution in [0.3, 0.4) is 0 Å². The summed E-state index contributed by atoms with van der Waals surface area (Å²) in [4.78, 5) is 12.8. The second-order valence-corrected chi connectivity index (χ2v) is 7.40. The number of imidazole rings is 1. The summed E-state index contributed by atoms with van der Waals surface area (Å²) in [6.07, 6.45) is 3.01. The number of rotatable bonds is 7. The van der Waals surface area contributed by atoms with Gasteiger partial charge in [0.2, 0.25) is 5.62 Å². The van der Waals surface area contributed by atoms with Gasteiger partial charge in [-0.15, -0.1) is 0 Å². The third kappa shape index (κ3) is 3.54. The van der Waals surface area contributed by atoms with Crippen molar-refractivity contribution in [1.29, 1.82) is 5.41 Å². The van der Waals surface area contributed by atoms with Gasteiger partial charge in [-0.05, 0) is 36.6 Å². The zero-order valence-electron chi connectivity index (χ0n) is 15.3. The number of para-hydroxylation sites is 1. The molecule has 0 saturated heterocycles. The van der Waals surface area contributed by atoms with Gasteiger partial charge in [0.15, 0.2) is 5.78 Å². The van der Waals surface area contributed by atoms with E-state index < -0.39 is 0 Å². The van der Waals surface area contributed by atoms with Crippen LogP contribution in [0.15, 0.2) is 46.9 Å². The number of fused-ring (bicyclic) bond motifs is 1. The molecule has 0 atom stereocenters. The van der Waals surface area contributed by atoms with E-state index in [-0.39, 0.29) is 12.3 Å². The molecule has 0 amide bonds. The molecule has 4 nitrogen and oxygen atoms in total. The maximum atomic E-state index is 12.8. The molecule has 0 spiro atoms. The van der Waals surface area contributed by atoms with Crippen LogP contribution < -0.4 is 5.62 Å². The number of ketones is 1. The zero-order valence-corrected chi connectivity index (χ0v) is 16.8. The standard InChI is InChI=1S/C21H24BrN3O/c1-3-5-13-24-20-15(4-2)7-6-8-18(20)25(21(24)23)14-19(26)16-9-11-17(22)12-10-16/h6-12,23H,3-5,13-14H2,1-2H3. The molecule has 0 aliphatic heterocycles. The Bertz CT molecular complexity index is 983. The molecule has 3 rings (SSSR count). The molecule has 26 heavy (non-hydrogen) atoms. The zero-order chi connectivity index (χ0) is 18.7. The second-order valence-electron chi connectivity index (χ2n) is 6.48. The highest BCUT2D eigenvalue weighted by molar-refractivity contribution is 9.10. The first-order valence-corrected chi connectivity index (χ1v) is 9.90. The van der Waals surface area contributed by atoms with E-state index in [9.17, 15) is 4.79 Å². The van der Waals surface area contributed by atoms with Gasteiger partial charge in [0.25, 0.3) is 0 Å². The molecular formula is C21H24BrN3O. The third-order valence-corrected chi connectivity index (χ3v) is 5.28. The van der Waals surface area contributed by atoms with Crippen LogP contribution >= 0.6 is 15.9 Å². The Kier molecular flexibility index (Phi) is 5.77. The van der Waals surface area contributed by atoms with E-state index >= 15 is 0 Å². The largest absolute Gasteiger partial charge is 0.310 e. The molecule has 2 aromatic carbocycles. The van der Waals surface area contributed by atoms with E-state index in [2.05, 4.69) is 40.4 Å². The number of hydrogen-bond donors (Lipinski definition) is 1. The van der Waals surface area contributed by atoms with Gasteiger partial charge in [-0.1, -0.05) is 60.5 Å². The van der Waals surface area contributed by atoms with Gasteiger partial charge in [0.1, 0.15) is 0 Å². The lowest BCUT2D eigenvalue weighted by atomic mass is 10.1. The number of unbranched alkanes of at least 4 members (excludes halogenated alkanes) is 1. The lowest BCUT2D eigenvalue weighted by Gasteiger charge is -2.06. The van der Waals surface area contributed by atoms with Gasteiger partial charge >= 0.3 is 0 Å². The topological polar surface area (TPSA) is 50.8 Å². The smallest absolute Gasteiger partial charge is 0.203 e. The predicted octanol–water partition coefficient (Wildman–Crippen LogP) is 4.93. The van der Waals surface area contributed by atoms with E-state index in [4.69, 9.17) is 5.41 Å². The molecule has 3 aromatic rings. The van der Waals surface area contributed by atoms with Crippen LogP contribution in [0.1, 0.15) is 42.6 Å². The van der Waals surface area contributed by atoms with Crippen molar-refractivity contribution in [2.75, 3.05) is 0 Å². The molecule has 0 unspecified atom stereocenters. The Labute approximate surface area is 162 Å². The van der Waals surface area contributed by atoms with Gasteiger partial charge < -0.3 is 9.13 Å². The van der Waals surface area contributed by atoms with E-state index in [1.54, 1.807) is 0 Å². The average molecular weight is 414 g/mol. The number of benzene rings is 2. The van der Waals surface area contributed by atoms with E-state index in [1.165, 1.54) is 5.56 Å². The Hall–Kier alpha value is -2.14. The first-order valence-electron chi connectivity index (χ1n) is 9.11. The first kappa shape index (κ1) is 18.6. The summed E-state index contributed by atoms with van der Waals surface area (Å²) in [5.41, 5.74) is 4.36. The number of carbonyl (C=O) groups is 1. The maximum Gasteiger partial charge on any atom is 0.203 e. The van der Waals surface area contributed by atoms with Crippen LogP contribution in [0.2, 0.25) is 0 Å². The lowest BCUT2D eigenvalue weighted by Crippen LogP contribution is -2.27. The Balaban J connectivity index is 2.08. The van der Waals surface area contributed by atoms with Gasteiger partial charge in [-0.25, -0.2) is 0 Å². The minimum Gasteiger partial charge on any atom is -0.310 e. The molecule has 0 aliphatic rings. The SMILES string of the molecule is CCCCn1c(=N)n(CC(=O)c2ccc(Br)cc2)c2cccc(CC)c21. The Morgan fingerprint density at radius 2 is 1.81 bits per heavy atom. The predicted molar refractivity (Wildman–Crippen MR) is 109 cm³/mol. The van der Waals surface area contributed by atoms with Gasteiger partial charge in [-0.3, -0.25) is 10.2 Å². The molecule has 1 aromatic heterocycles. The number of aryl methyl sites for hydroxylation is 2. The van der Waals surface area contributed by atoms with Crippen LogP contribution in [0.25, 0.3) is 11.0 Å². The molecule has 1 N–H and O–H groups in total. The van der Waals surface area contributed by atoms with Crippen LogP contribution in [0.4, 0.5) is 0 Å². The Morgan fingerprint density at radius 3 is 2.46 bits per heavy atom. The molecule has 0 fully saturated rings. The van der Waals surface area contributed by atoms with Crippen molar-refractivity contribution in [3.05, 3.63) is 63.7 Å².